The highest BCUT2D eigenvalue weighted by molar-refractivity contribution is 7.93. The predicted molar refractivity (Wildman–Crippen MR) is 112 cm³/mol. The van der Waals surface area contributed by atoms with Crippen LogP contribution >= 0.6 is 23.2 Å². The molecule has 0 unspecified atom stereocenters. The molecule has 0 spiro atoms. The number of benzene rings is 2. The van der Waals surface area contributed by atoms with Crippen LogP contribution in [0.15, 0.2) is 41.3 Å². The van der Waals surface area contributed by atoms with E-state index >= 15 is 0 Å². The highest BCUT2D eigenvalue weighted by Crippen LogP contribution is 2.34. The second-order valence-electron chi connectivity index (χ2n) is 6.50. The van der Waals surface area contributed by atoms with Crippen molar-refractivity contribution in [3.8, 4) is 5.69 Å². The van der Waals surface area contributed by atoms with E-state index in [1.54, 1.807) is 30.3 Å². The smallest absolute Gasteiger partial charge is 0.264 e. The molecule has 2 aromatic heterocycles. The molecule has 150 valence electrons. The Morgan fingerprint density at radius 3 is 2.34 bits per heavy atom. The number of hydrogen-bond donors (Lipinski definition) is 1. The third-order valence-electron chi connectivity index (χ3n) is 4.59. The first-order chi connectivity index (χ1) is 13.7. The molecule has 4 rings (SSSR count). The molecule has 2 aromatic carbocycles. The molecule has 2 heterocycles. The van der Waals surface area contributed by atoms with Gasteiger partial charge in [-0.05, 0) is 38.1 Å². The number of sulfonamides is 1. The molecular formula is C18H16Cl2N6O2S. The zero-order valence-corrected chi connectivity index (χ0v) is 18.0. The fourth-order valence-electron chi connectivity index (χ4n) is 3.09. The molecule has 0 atom stereocenters. The van der Waals surface area contributed by atoms with Crippen molar-refractivity contribution in [3.63, 3.8) is 0 Å². The van der Waals surface area contributed by atoms with E-state index in [2.05, 4.69) is 20.1 Å². The van der Waals surface area contributed by atoms with Crippen molar-refractivity contribution in [2.24, 2.45) is 7.05 Å². The van der Waals surface area contributed by atoms with Crippen LogP contribution in [0, 0.1) is 13.8 Å². The molecule has 0 bridgehead atoms. The Labute approximate surface area is 177 Å². The average Bonchev–Trinajstić information content (AvgIpc) is 3.17. The summed E-state index contributed by atoms with van der Waals surface area (Å²) < 4.78 is 31.7. The number of anilines is 1. The van der Waals surface area contributed by atoms with Crippen LogP contribution in [0.5, 0.6) is 0 Å². The summed E-state index contributed by atoms with van der Waals surface area (Å²) in [5.74, 6) is 0. The van der Waals surface area contributed by atoms with Gasteiger partial charge in [-0.2, -0.15) is 5.10 Å². The number of halogens is 2. The van der Waals surface area contributed by atoms with Gasteiger partial charge in [-0.25, -0.2) is 13.1 Å². The minimum atomic E-state index is -4.05. The lowest BCUT2D eigenvalue weighted by Gasteiger charge is -2.13. The van der Waals surface area contributed by atoms with Crippen LogP contribution in [-0.2, 0) is 17.1 Å². The molecule has 29 heavy (non-hydrogen) atoms. The highest BCUT2D eigenvalue weighted by atomic mass is 35.5. The number of para-hydroxylation sites is 1. The van der Waals surface area contributed by atoms with Crippen molar-refractivity contribution in [1.29, 1.82) is 0 Å². The van der Waals surface area contributed by atoms with Crippen LogP contribution in [0.4, 0.5) is 5.69 Å². The molecule has 0 radical (unpaired) electrons. The molecule has 11 heteroatoms. The minimum absolute atomic E-state index is 0.0289. The summed E-state index contributed by atoms with van der Waals surface area (Å²) in [6, 6.07) is 10.4. The monoisotopic (exact) mass is 450 g/mol. The molecular weight excluding hydrogens is 435 g/mol. The van der Waals surface area contributed by atoms with E-state index in [0.717, 1.165) is 5.52 Å². The van der Waals surface area contributed by atoms with Gasteiger partial charge in [0.1, 0.15) is 10.4 Å². The molecule has 0 saturated carbocycles. The van der Waals surface area contributed by atoms with Crippen LogP contribution in [0.1, 0.15) is 11.4 Å². The van der Waals surface area contributed by atoms with Gasteiger partial charge in [0, 0.05) is 7.05 Å². The molecule has 0 aliphatic heterocycles. The van der Waals surface area contributed by atoms with Gasteiger partial charge in [-0.3, -0.25) is 9.40 Å². The number of nitrogens with one attached hydrogen (secondary N) is 1. The summed E-state index contributed by atoms with van der Waals surface area (Å²) in [5, 5.41) is 12.4. The Balaban J connectivity index is 1.79. The van der Waals surface area contributed by atoms with Crippen LogP contribution < -0.4 is 4.72 Å². The quantitative estimate of drug-likeness (QED) is 0.508. The van der Waals surface area contributed by atoms with E-state index in [1.807, 2.05) is 24.3 Å². The fourth-order valence-corrected chi connectivity index (χ4v) is 5.47. The predicted octanol–water partition coefficient (Wildman–Crippen LogP) is 3.88. The lowest BCUT2D eigenvalue weighted by atomic mass is 10.3. The van der Waals surface area contributed by atoms with Gasteiger partial charge in [0.2, 0.25) is 0 Å². The number of aromatic nitrogens is 5. The van der Waals surface area contributed by atoms with Gasteiger partial charge in [0.25, 0.3) is 10.0 Å². The van der Waals surface area contributed by atoms with Crippen LogP contribution in [0.25, 0.3) is 16.7 Å². The Bertz CT molecular complexity index is 1340. The lowest BCUT2D eigenvalue weighted by Crippen LogP contribution is -2.15. The van der Waals surface area contributed by atoms with Crippen molar-refractivity contribution in [1.82, 2.24) is 24.8 Å². The van der Waals surface area contributed by atoms with Gasteiger partial charge in [-0.1, -0.05) is 40.5 Å². The Morgan fingerprint density at radius 2 is 1.72 bits per heavy atom. The standard InChI is InChI=1S/C18H16Cl2N6O2S/c1-10-17(11(2)25(3)22-10)23-29(27,28)18-13(19)8-12(9-14(18)20)26-16-7-5-4-6-15(16)21-24-26/h4-9,23H,1-3H3. The number of nitrogens with zero attached hydrogens (tertiary/aromatic N) is 5. The molecule has 4 aromatic rings. The van der Waals surface area contributed by atoms with Crippen LogP contribution in [0.3, 0.4) is 0 Å². The van der Waals surface area contributed by atoms with Crippen molar-refractivity contribution in [3.05, 3.63) is 57.8 Å². The maximum absolute atomic E-state index is 13.0. The van der Waals surface area contributed by atoms with Crippen molar-refractivity contribution < 1.29 is 8.42 Å². The first-order valence-corrected chi connectivity index (χ1v) is 10.8. The van der Waals surface area contributed by atoms with E-state index < -0.39 is 10.0 Å². The van der Waals surface area contributed by atoms with Crippen LogP contribution in [-0.4, -0.2) is 33.2 Å². The van der Waals surface area contributed by atoms with E-state index in [1.165, 1.54) is 12.1 Å². The Hall–Kier alpha value is -2.62. The summed E-state index contributed by atoms with van der Waals surface area (Å²) in [6.45, 7) is 3.48. The number of aryl methyl sites for hydroxylation is 2. The SMILES string of the molecule is Cc1nn(C)c(C)c1NS(=O)(=O)c1c(Cl)cc(-n2nnc3ccccc32)cc1Cl. The first kappa shape index (κ1) is 19.7. The Kier molecular flexibility index (Phi) is 4.76. The second kappa shape index (κ2) is 7.01. The molecule has 1 N–H and O–H groups in total. The van der Waals surface area contributed by atoms with Gasteiger partial charge in [0.05, 0.1) is 38.3 Å². The zero-order valence-electron chi connectivity index (χ0n) is 15.7. The van der Waals surface area contributed by atoms with Crippen LogP contribution in [0.2, 0.25) is 10.0 Å². The summed E-state index contributed by atoms with van der Waals surface area (Å²) in [7, 11) is -2.31. The summed E-state index contributed by atoms with van der Waals surface area (Å²) >= 11 is 12.7. The van der Waals surface area contributed by atoms with E-state index in [9.17, 15) is 8.42 Å². The number of fused-ring (bicyclic) bond motifs is 1. The van der Waals surface area contributed by atoms with E-state index in [0.29, 0.717) is 28.3 Å². The third kappa shape index (κ3) is 3.35. The van der Waals surface area contributed by atoms with Gasteiger partial charge in [-0.15, -0.1) is 5.10 Å². The second-order valence-corrected chi connectivity index (χ2v) is 8.94. The third-order valence-corrected chi connectivity index (χ3v) is 6.86. The molecule has 0 aliphatic carbocycles. The van der Waals surface area contributed by atoms with E-state index in [-0.39, 0.29) is 14.9 Å². The molecule has 0 fully saturated rings. The van der Waals surface area contributed by atoms with Gasteiger partial charge >= 0.3 is 0 Å². The summed E-state index contributed by atoms with van der Waals surface area (Å²) in [6.07, 6.45) is 0. The number of hydrogen-bond acceptors (Lipinski definition) is 5. The molecule has 8 nitrogen and oxygen atoms in total. The summed E-state index contributed by atoms with van der Waals surface area (Å²) in [5.41, 5.74) is 3.55. The largest absolute Gasteiger partial charge is 0.276 e. The van der Waals surface area contributed by atoms with Crippen molar-refractivity contribution in [2.45, 2.75) is 18.7 Å². The summed E-state index contributed by atoms with van der Waals surface area (Å²) in [4.78, 5) is -0.211. The molecule has 0 aliphatic rings. The first-order valence-electron chi connectivity index (χ1n) is 8.52. The number of rotatable bonds is 4. The average molecular weight is 451 g/mol. The van der Waals surface area contributed by atoms with E-state index in [4.69, 9.17) is 23.2 Å². The molecule has 0 amide bonds. The minimum Gasteiger partial charge on any atom is -0.276 e. The van der Waals surface area contributed by atoms with Crippen molar-refractivity contribution >= 4 is 49.9 Å². The van der Waals surface area contributed by atoms with Crippen molar-refractivity contribution in [2.75, 3.05) is 4.72 Å². The zero-order chi connectivity index (χ0) is 20.9. The highest BCUT2D eigenvalue weighted by Gasteiger charge is 2.26. The molecule has 0 saturated heterocycles. The Morgan fingerprint density at radius 1 is 1.07 bits per heavy atom. The normalized spacial score (nSPS) is 11.9. The maximum Gasteiger partial charge on any atom is 0.264 e. The topological polar surface area (TPSA) is 94.7 Å². The maximum atomic E-state index is 13.0. The lowest BCUT2D eigenvalue weighted by molar-refractivity contribution is 0.601. The van der Waals surface area contributed by atoms with Gasteiger partial charge < -0.3 is 0 Å². The fraction of sp³-hybridized carbons (Fsp3) is 0.167. The van der Waals surface area contributed by atoms with Gasteiger partial charge in [0.15, 0.2) is 0 Å².